The smallest absolute Gasteiger partial charge is 0.225 e. The van der Waals surface area contributed by atoms with Gasteiger partial charge in [-0.2, -0.15) is 0 Å². The highest BCUT2D eigenvalue weighted by Crippen LogP contribution is 2.16. The molecule has 3 heterocycles. The summed E-state index contributed by atoms with van der Waals surface area (Å²) in [7, 11) is 0. The Kier molecular flexibility index (Phi) is 6.96. The number of aliphatic imine (C=N–C) groups is 1. The summed E-state index contributed by atoms with van der Waals surface area (Å²) in [6, 6.07) is 6.85. The van der Waals surface area contributed by atoms with Gasteiger partial charge in [-0.1, -0.05) is 6.07 Å². The fourth-order valence-electron chi connectivity index (χ4n) is 3.12. The molecule has 0 atom stereocenters. The average Bonchev–Trinajstić information content (AvgIpc) is 3.27. The van der Waals surface area contributed by atoms with Crippen LogP contribution in [0.3, 0.4) is 0 Å². The standard InChI is InChI=1S/C19H21FN8.HI/c20-16-12-15(2-3-17(16)28-7-6-22-14-28)13-25-18(21)26-8-10-27(11-9-26)19-23-4-1-5-24-19;/h1-7,12,14H,8-11,13H2,(H2,21,25);1H. The normalized spacial score (nSPS) is 14.6. The number of aromatic nitrogens is 4. The van der Waals surface area contributed by atoms with E-state index < -0.39 is 0 Å². The van der Waals surface area contributed by atoms with E-state index in [1.807, 2.05) is 11.0 Å². The first kappa shape index (κ1) is 21.0. The number of hydrogen-bond acceptors (Lipinski definition) is 5. The van der Waals surface area contributed by atoms with Crippen LogP contribution in [0.4, 0.5) is 10.3 Å². The number of halogens is 2. The van der Waals surface area contributed by atoms with Gasteiger partial charge in [0.05, 0.1) is 18.6 Å². The molecular formula is C19H22FIN8. The summed E-state index contributed by atoms with van der Waals surface area (Å²) in [4.78, 5) is 21.1. The maximum Gasteiger partial charge on any atom is 0.225 e. The molecule has 1 aliphatic rings. The molecule has 1 aromatic carbocycles. The summed E-state index contributed by atoms with van der Waals surface area (Å²) in [6.45, 7) is 3.35. The van der Waals surface area contributed by atoms with Crippen LogP contribution in [0.1, 0.15) is 5.56 Å². The van der Waals surface area contributed by atoms with Crippen LogP contribution in [0.15, 0.2) is 60.4 Å². The Labute approximate surface area is 185 Å². The number of imidazole rings is 1. The zero-order chi connectivity index (χ0) is 19.3. The first-order valence-electron chi connectivity index (χ1n) is 9.04. The molecule has 0 amide bonds. The molecule has 2 N–H and O–H groups in total. The highest BCUT2D eigenvalue weighted by molar-refractivity contribution is 14.0. The maximum atomic E-state index is 14.3. The Hall–Kier alpha value is -2.76. The van der Waals surface area contributed by atoms with Crippen molar-refractivity contribution in [3.8, 4) is 5.69 Å². The number of rotatable bonds is 4. The number of guanidine groups is 1. The molecular weight excluding hydrogens is 486 g/mol. The Morgan fingerprint density at radius 3 is 2.52 bits per heavy atom. The zero-order valence-corrected chi connectivity index (χ0v) is 18.1. The van der Waals surface area contributed by atoms with Gasteiger partial charge >= 0.3 is 0 Å². The van der Waals surface area contributed by atoms with E-state index in [1.165, 1.54) is 6.07 Å². The Bertz CT molecular complexity index is 940. The Morgan fingerprint density at radius 1 is 1.10 bits per heavy atom. The van der Waals surface area contributed by atoms with Crippen LogP contribution in [0, 0.1) is 5.82 Å². The molecule has 1 aliphatic heterocycles. The molecule has 1 fully saturated rings. The Balaban J connectivity index is 0.00000240. The van der Waals surface area contributed by atoms with E-state index in [1.54, 1.807) is 47.8 Å². The van der Waals surface area contributed by atoms with Crippen molar-refractivity contribution in [2.45, 2.75) is 6.54 Å². The number of nitrogens with zero attached hydrogens (tertiary/aromatic N) is 7. The Morgan fingerprint density at radius 2 is 1.86 bits per heavy atom. The summed E-state index contributed by atoms with van der Waals surface area (Å²) < 4.78 is 16.0. The number of nitrogens with two attached hydrogens (primary N) is 1. The lowest BCUT2D eigenvalue weighted by Gasteiger charge is -2.35. The van der Waals surface area contributed by atoms with Crippen LogP contribution >= 0.6 is 24.0 Å². The molecule has 0 saturated carbocycles. The van der Waals surface area contributed by atoms with Crippen LogP contribution in [0.25, 0.3) is 5.69 Å². The van der Waals surface area contributed by atoms with Crippen molar-refractivity contribution >= 4 is 35.9 Å². The first-order valence-corrected chi connectivity index (χ1v) is 9.04. The molecule has 152 valence electrons. The van der Waals surface area contributed by atoms with E-state index in [0.717, 1.165) is 37.7 Å². The van der Waals surface area contributed by atoms with Gasteiger partial charge in [0.2, 0.25) is 5.95 Å². The predicted molar refractivity (Wildman–Crippen MR) is 120 cm³/mol. The van der Waals surface area contributed by atoms with Crippen molar-refractivity contribution in [3.05, 3.63) is 66.8 Å². The minimum absolute atomic E-state index is 0. The van der Waals surface area contributed by atoms with Gasteiger partial charge in [-0.25, -0.2) is 24.3 Å². The first-order chi connectivity index (χ1) is 13.7. The van der Waals surface area contributed by atoms with Gasteiger partial charge in [0, 0.05) is 51.0 Å². The molecule has 0 unspecified atom stereocenters. The van der Waals surface area contributed by atoms with Crippen LogP contribution in [0.5, 0.6) is 0 Å². The second-order valence-corrected chi connectivity index (χ2v) is 6.45. The molecule has 4 rings (SSSR count). The van der Waals surface area contributed by atoms with Crippen LogP contribution in [-0.4, -0.2) is 56.6 Å². The van der Waals surface area contributed by atoms with Gasteiger partial charge in [-0.05, 0) is 23.8 Å². The van der Waals surface area contributed by atoms with Crippen LogP contribution in [0.2, 0.25) is 0 Å². The fraction of sp³-hybridized carbons (Fsp3) is 0.263. The molecule has 3 aromatic rings. The third kappa shape index (κ3) is 5.00. The third-order valence-corrected chi connectivity index (χ3v) is 4.66. The van der Waals surface area contributed by atoms with Gasteiger partial charge in [-0.3, -0.25) is 0 Å². The van der Waals surface area contributed by atoms with Crippen LogP contribution in [-0.2, 0) is 6.54 Å². The lowest BCUT2D eigenvalue weighted by Crippen LogP contribution is -2.51. The summed E-state index contributed by atoms with van der Waals surface area (Å²) in [6.07, 6.45) is 8.36. The minimum atomic E-state index is -0.319. The summed E-state index contributed by atoms with van der Waals surface area (Å²) in [5.41, 5.74) is 7.37. The molecule has 29 heavy (non-hydrogen) atoms. The summed E-state index contributed by atoms with van der Waals surface area (Å²) in [5.74, 6) is 0.875. The number of anilines is 1. The lowest BCUT2D eigenvalue weighted by atomic mass is 10.2. The van der Waals surface area contributed by atoms with E-state index in [4.69, 9.17) is 5.73 Å². The van der Waals surface area contributed by atoms with Crippen molar-refractivity contribution in [1.29, 1.82) is 0 Å². The van der Waals surface area contributed by atoms with E-state index in [2.05, 4.69) is 24.8 Å². The average molecular weight is 508 g/mol. The number of hydrogen-bond donors (Lipinski definition) is 1. The van der Waals surface area contributed by atoms with Crippen molar-refractivity contribution in [2.24, 2.45) is 10.7 Å². The molecule has 0 radical (unpaired) electrons. The predicted octanol–water partition coefficient (Wildman–Crippen LogP) is 2.06. The fourth-order valence-corrected chi connectivity index (χ4v) is 3.12. The van der Waals surface area contributed by atoms with Crippen molar-refractivity contribution < 1.29 is 4.39 Å². The van der Waals surface area contributed by atoms with Gasteiger partial charge in [0.25, 0.3) is 0 Å². The van der Waals surface area contributed by atoms with Crippen molar-refractivity contribution in [2.75, 3.05) is 31.1 Å². The van der Waals surface area contributed by atoms with Gasteiger partial charge < -0.3 is 20.1 Å². The second kappa shape index (κ2) is 9.63. The SMILES string of the molecule is I.NC(=NCc1ccc(-n2ccnc2)c(F)c1)N1CCN(c2ncccn2)CC1. The third-order valence-electron chi connectivity index (χ3n) is 4.66. The highest BCUT2D eigenvalue weighted by atomic mass is 127. The quantitative estimate of drug-likeness (QED) is 0.330. The monoisotopic (exact) mass is 508 g/mol. The van der Waals surface area contributed by atoms with E-state index in [-0.39, 0.29) is 29.8 Å². The summed E-state index contributed by atoms with van der Waals surface area (Å²) >= 11 is 0. The largest absolute Gasteiger partial charge is 0.370 e. The second-order valence-electron chi connectivity index (χ2n) is 6.45. The number of piperazine rings is 1. The zero-order valence-electron chi connectivity index (χ0n) is 15.7. The van der Waals surface area contributed by atoms with E-state index in [9.17, 15) is 4.39 Å². The molecule has 0 aliphatic carbocycles. The van der Waals surface area contributed by atoms with E-state index >= 15 is 0 Å². The molecule has 1 saturated heterocycles. The van der Waals surface area contributed by atoms with Gasteiger partial charge in [0.15, 0.2) is 5.96 Å². The molecule has 10 heteroatoms. The minimum Gasteiger partial charge on any atom is -0.370 e. The van der Waals surface area contributed by atoms with Gasteiger partial charge in [0.1, 0.15) is 5.82 Å². The molecule has 8 nitrogen and oxygen atoms in total. The number of benzene rings is 1. The van der Waals surface area contributed by atoms with Crippen LogP contribution < -0.4 is 10.6 Å². The lowest BCUT2D eigenvalue weighted by molar-refractivity contribution is 0.378. The summed E-state index contributed by atoms with van der Waals surface area (Å²) in [5, 5.41) is 0. The van der Waals surface area contributed by atoms with Gasteiger partial charge in [-0.15, -0.1) is 24.0 Å². The van der Waals surface area contributed by atoms with E-state index in [0.29, 0.717) is 18.2 Å². The molecule has 2 aromatic heterocycles. The maximum absolute atomic E-state index is 14.3. The topological polar surface area (TPSA) is 88.5 Å². The van der Waals surface area contributed by atoms with Crippen molar-refractivity contribution in [3.63, 3.8) is 0 Å². The van der Waals surface area contributed by atoms with Crippen molar-refractivity contribution in [1.82, 2.24) is 24.4 Å². The highest BCUT2D eigenvalue weighted by Gasteiger charge is 2.19. The molecule has 0 spiro atoms. The molecule has 0 bridgehead atoms.